The van der Waals surface area contributed by atoms with Crippen molar-refractivity contribution in [2.24, 2.45) is 0 Å². The molecule has 8 heteroatoms. The van der Waals surface area contributed by atoms with E-state index in [1.807, 2.05) is 19.9 Å². The molecule has 7 nitrogen and oxygen atoms in total. The van der Waals surface area contributed by atoms with E-state index in [1.165, 1.54) is 0 Å². The second kappa shape index (κ2) is 7.93. The van der Waals surface area contributed by atoms with Crippen molar-refractivity contribution in [3.05, 3.63) is 91.6 Å². The van der Waals surface area contributed by atoms with Crippen LogP contribution in [0.25, 0.3) is 16.9 Å². The number of nitrogens with zero attached hydrogens (tertiary/aromatic N) is 4. The molecule has 0 saturated carbocycles. The number of hydrogen-bond donors (Lipinski definition) is 1. The summed E-state index contributed by atoms with van der Waals surface area (Å²) in [5, 5.41) is 0.216. The van der Waals surface area contributed by atoms with Crippen molar-refractivity contribution < 1.29 is 0 Å². The number of halogens is 1. The fourth-order valence-electron chi connectivity index (χ4n) is 2.84. The summed E-state index contributed by atoms with van der Waals surface area (Å²) >= 11 is 6.39. The van der Waals surface area contributed by atoms with E-state index >= 15 is 0 Å². The van der Waals surface area contributed by atoms with Crippen LogP contribution in [0.2, 0.25) is 5.02 Å². The number of rotatable bonds is 2. The molecule has 4 rings (SSSR count). The largest absolute Gasteiger partial charge is 0.334 e. The van der Waals surface area contributed by atoms with Crippen molar-refractivity contribution in [2.75, 3.05) is 0 Å². The Balaban J connectivity index is 1.81. The molecule has 0 aliphatic heterocycles. The zero-order valence-electron chi connectivity index (χ0n) is 16.2. The lowest BCUT2D eigenvalue weighted by Crippen LogP contribution is -2.34. The Bertz CT molecular complexity index is 1430. The fraction of sp³-hybridized carbons (Fsp3) is 0.136. The topological polar surface area (TPSA) is 93.5 Å². The molecule has 30 heavy (non-hydrogen) atoms. The molecular formula is C22H16ClN5O2. The molecule has 0 aliphatic rings. The average molecular weight is 418 g/mol. The van der Waals surface area contributed by atoms with Crippen molar-refractivity contribution in [1.82, 2.24) is 24.5 Å². The fourth-order valence-corrected chi connectivity index (χ4v) is 3.11. The van der Waals surface area contributed by atoms with E-state index in [0.29, 0.717) is 11.3 Å². The summed E-state index contributed by atoms with van der Waals surface area (Å²) < 4.78 is 0.960. The van der Waals surface area contributed by atoms with Gasteiger partial charge < -0.3 is 0 Å². The monoisotopic (exact) mass is 417 g/mol. The molecule has 4 aromatic rings. The molecule has 1 aromatic carbocycles. The Morgan fingerprint density at radius 1 is 1.10 bits per heavy atom. The molecule has 0 fully saturated rings. The highest BCUT2D eigenvalue weighted by Crippen LogP contribution is 2.20. The van der Waals surface area contributed by atoms with E-state index in [1.54, 1.807) is 42.9 Å². The van der Waals surface area contributed by atoms with Gasteiger partial charge in [0.25, 0.3) is 5.56 Å². The van der Waals surface area contributed by atoms with E-state index in [0.717, 1.165) is 10.1 Å². The van der Waals surface area contributed by atoms with Gasteiger partial charge in [-0.1, -0.05) is 37.3 Å². The summed E-state index contributed by atoms with van der Waals surface area (Å²) in [6, 6.07) is 8.52. The predicted molar refractivity (Wildman–Crippen MR) is 115 cm³/mol. The molecule has 0 aliphatic carbocycles. The van der Waals surface area contributed by atoms with Crippen LogP contribution in [0.1, 0.15) is 36.6 Å². The summed E-state index contributed by atoms with van der Waals surface area (Å²) in [4.78, 5) is 40.7. The lowest BCUT2D eigenvalue weighted by atomic mass is 10.1. The van der Waals surface area contributed by atoms with E-state index in [4.69, 9.17) is 11.6 Å². The Hall–Kier alpha value is -3.76. The lowest BCUT2D eigenvalue weighted by Gasteiger charge is -2.09. The van der Waals surface area contributed by atoms with Crippen molar-refractivity contribution in [3.8, 4) is 17.5 Å². The van der Waals surface area contributed by atoms with Gasteiger partial charge >= 0.3 is 5.69 Å². The van der Waals surface area contributed by atoms with Crippen LogP contribution in [0.4, 0.5) is 0 Å². The third-order valence-corrected chi connectivity index (χ3v) is 4.72. The first-order valence-corrected chi connectivity index (χ1v) is 9.56. The molecule has 0 bridgehead atoms. The smallest absolute Gasteiger partial charge is 0.290 e. The Kier molecular flexibility index (Phi) is 5.17. The van der Waals surface area contributed by atoms with Gasteiger partial charge in [-0.25, -0.2) is 19.3 Å². The van der Waals surface area contributed by atoms with E-state index in [9.17, 15) is 9.59 Å². The second-order valence-electron chi connectivity index (χ2n) is 6.88. The highest BCUT2D eigenvalue weighted by atomic mass is 35.5. The molecule has 0 spiro atoms. The highest BCUT2D eigenvalue weighted by Gasteiger charge is 2.15. The minimum absolute atomic E-state index is 0.0808. The van der Waals surface area contributed by atoms with Crippen LogP contribution in [0.3, 0.4) is 0 Å². The summed E-state index contributed by atoms with van der Waals surface area (Å²) in [5.74, 6) is 6.06. The van der Waals surface area contributed by atoms with Crippen LogP contribution < -0.4 is 11.2 Å². The summed E-state index contributed by atoms with van der Waals surface area (Å²) in [7, 11) is 0. The number of aromatic amines is 1. The van der Waals surface area contributed by atoms with Gasteiger partial charge in [0, 0.05) is 23.5 Å². The minimum atomic E-state index is -0.643. The first-order valence-electron chi connectivity index (χ1n) is 9.18. The molecule has 0 saturated heterocycles. The van der Waals surface area contributed by atoms with Crippen molar-refractivity contribution in [2.45, 2.75) is 19.8 Å². The van der Waals surface area contributed by atoms with Crippen LogP contribution >= 0.6 is 11.6 Å². The number of fused-ring (bicyclic) bond motifs is 1. The molecule has 0 unspecified atom stereocenters. The van der Waals surface area contributed by atoms with Gasteiger partial charge in [-0.2, -0.15) is 0 Å². The summed E-state index contributed by atoms with van der Waals surface area (Å²) in [6.45, 7) is 3.89. The normalized spacial score (nSPS) is 10.8. The van der Waals surface area contributed by atoms with Crippen molar-refractivity contribution in [3.63, 3.8) is 0 Å². The average Bonchev–Trinajstić information content (AvgIpc) is 2.74. The van der Waals surface area contributed by atoms with Gasteiger partial charge in [0.1, 0.15) is 0 Å². The summed E-state index contributed by atoms with van der Waals surface area (Å²) in [5.41, 5.74) is 1.30. The summed E-state index contributed by atoms with van der Waals surface area (Å²) in [6.07, 6.45) is 4.88. The van der Waals surface area contributed by atoms with Crippen LogP contribution in [0, 0.1) is 11.8 Å². The number of nitrogens with one attached hydrogen (secondary N) is 1. The number of pyridine rings is 1. The van der Waals surface area contributed by atoms with E-state index in [-0.39, 0.29) is 27.8 Å². The van der Waals surface area contributed by atoms with Crippen molar-refractivity contribution >= 4 is 22.8 Å². The van der Waals surface area contributed by atoms with Gasteiger partial charge in [-0.3, -0.25) is 14.8 Å². The zero-order valence-corrected chi connectivity index (χ0v) is 16.9. The maximum Gasteiger partial charge on any atom is 0.334 e. The van der Waals surface area contributed by atoms with Crippen LogP contribution in [-0.4, -0.2) is 24.5 Å². The van der Waals surface area contributed by atoms with Crippen molar-refractivity contribution in [1.29, 1.82) is 0 Å². The standard InChI is InChI=1S/C22H16ClN5O2/c1-13(2)17-12-25-20-19(26-17)21(29)28(22(30)27-20)18-8-7-14(10-16(18)23)5-6-15-4-3-9-24-11-15/h3-4,7-13H,1-2H3,(H,25,27,30). The Morgan fingerprint density at radius 3 is 2.60 bits per heavy atom. The van der Waals surface area contributed by atoms with Gasteiger partial charge in [0.05, 0.1) is 22.6 Å². The molecule has 0 amide bonds. The molecule has 3 aromatic heterocycles. The first kappa shape index (κ1) is 19.6. The molecule has 1 N–H and O–H groups in total. The highest BCUT2D eigenvalue weighted by molar-refractivity contribution is 6.32. The third kappa shape index (κ3) is 3.73. The predicted octanol–water partition coefficient (Wildman–Crippen LogP) is 3.04. The Morgan fingerprint density at radius 2 is 1.90 bits per heavy atom. The lowest BCUT2D eigenvalue weighted by molar-refractivity contribution is 0.811. The molecular weight excluding hydrogens is 402 g/mol. The van der Waals surface area contributed by atoms with Gasteiger partial charge in [-0.15, -0.1) is 0 Å². The second-order valence-corrected chi connectivity index (χ2v) is 7.28. The van der Waals surface area contributed by atoms with Crippen LogP contribution in [-0.2, 0) is 0 Å². The van der Waals surface area contributed by atoms with Gasteiger partial charge in [-0.05, 0) is 36.2 Å². The number of aromatic nitrogens is 5. The molecule has 148 valence electrons. The maximum atomic E-state index is 13.0. The van der Waals surface area contributed by atoms with E-state index < -0.39 is 11.2 Å². The molecule has 3 heterocycles. The SMILES string of the molecule is CC(C)c1cnc2[nH]c(=O)n(-c3ccc(C#Cc4cccnc4)cc3Cl)c(=O)c2n1. The maximum absolute atomic E-state index is 13.0. The zero-order chi connectivity index (χ0) is 21.3. The quantitative estimate of drug-likeness (QED) is 0.506. The third-order valence-electron chi connectivity index (χ3n) is 4.42. The number of benzene rings is 1. The minimum Gasteiger partial charge on any atom is -0.290 e. The van der Waals surface area contributed by atoms with E-state index in [2.05, 4.69) is 31.8 Å². The van der Waals surface area contributed by atoms with Crippen LogP contribution in [0.15, 0.2) is 58.5 Å². The van der Waals surface area contributed by atoms with Gasteiger partial charge in [0.2, 0.25) is 0 Å². The number of H-pyrrole nitrogens is 1. The van der Waals surface area contributed by atoms with Gasteiger partial charge in [0.15, 0.2) is 11.2 Å². The number of hydrogen-bond acceptors (Lipinski definition) is 5. The molecule has 0 atom stereocenters. The Labute approximate surface area is 176 Å². The molecule has 0 radical (unpaired) electrons. The van der Waals surface area contributed by atoms with Crippen LogP contribution in [0.5, 0.6) is 0 Å². The first-order chi connectivity index (χ1) is 14.4.